The van der Waals surface area contributed by atoms with Gasteiger partial charge in [-0.2, -0.15) is 13.5 Å². The minimum absolute atomic E-state index is 0.0182. The van der Waals surface area contributed by atoms with Crippen LogP contribution >= 0.6 is 22.9 Å². The minimum atomic E-state index is -3.88. The number of nitrogens with one attached hydrogen (secondary N) is 1. The Labute approximate surface area is 135 Å². The van der Waals surface area contributed by atoms with E-state index in [0.29, 0.717) is 5.00 Å². The maximum Gasteiger partial charge on any atom is 0.279 e. The first-order valence-corrected chi connectivity index (χ1v) is 8.77. The summed E-state index contributed by atoms with van der Waals surface area (Å²) in [5, 5.41) is 6.33. The van der Waals surface area contributed by atoms with E-state index < -0.39 is 15.8 Å². The molecule has 1 N–H and O–H groups in total. The third-order valence-electron chi connectivity index (χ3n) is 2.77. The fraction of sp³-hybridized carbons (Fsp3) is 0. The van der Waals surface area contributed by atoms with Crippen LogP contribution in [0.15, 0.2) is 53.0 Å². The molecule has 1 aromatic carbocycles. The summed E-state index contributed by atoms with van der Waals surface area (Å²) < 4.78 is 41.7. The van der Waals surface area contributed by atoms with Gasteiger partial charge in [0.25, 0.3) is 10.0 Å². The Morgan fingerprint density at radius 3 is 2.77 bits per heavy atom. The van der Waals surface area contributed by atoms with E-state index in [1.807, 2.05) is 5.38 Å². The van der Waals surface area contributed by atoms with Crippen LogP contribution in [0.1, 0.15) is 0 Å². The van der Waals surface area contributed by atoms with Crippen molar-refractivity contribution in [1.82, 2.24) is 9.78 Å². The quantitative estimate of drug-likeness (QED) is 0.777. The van der Waals surface area contributed by atoms with Crippen LogP contribution in [0, 0.1) is 5.82 Å². The van der Waals surface area contributed by atoms with Gasteiger partial charge in [-0.15, -0.1) is 11.3 Å². The smallest absolute Gasteiger partial charge is 0.278 e. The lowest BCUT2D eigenvalue weighted by molar-refractivity contribution is 0.591. The summed E-state index contributed by atoms with van der Waals surface area (Å²) in [5.74, 6) is -0.617. The van der Waals surface area contributed by atoms with Crippen molar-refractivity contribution in [2.45, 2.75) is 5.03 Å². The van der Waals surface area contributed by atoms with Crippen molar-refractivity contribution in [2.75, 3.05) is 4.72 Å². The zero-order valence-electron chi connectivity index (χ0n) is 10.9. The van der Waals surface area contributed by atoms with Gasteiger partial charge in [0.15, 0.2) is 5.03 Å². The molecule has 0 unspecified atom stereocenters. The van der Waals surface area contributed by atoms with E-state index in [9.17, 15) is 12.8 Å². The highest BCUT2D eigenvalue weighted by molar-refractivity contribution is 7.92. The van der Waals surface area contributed by atoms with Crippen molar-refractivity contribution in [2.24, 2.45) is 0 Å². The molecular weight excluding hydrogens is 349 g/mol. The normalized spacial score (nSPS) is 11.5. The molecule has 0 saturated carbocycles. The summed E-state index contributed by atoms with van der Waals surface area (Å²) in [6.07, 6.45) is 1.39. The summed E-state index contributed by atoms with van der Waals surface area (Å²) >= 11 is 7.01. The van der Waals surface area contributed by atoms with Crippen molar-refractivity contribution < 1.29 is 12.8 Å². The van der Waals surface area contributed by atoms with Crippen LogP contribution < -0.4 is 4.72 Å². The van der Waals surface area contributed by atoms with Gasteiger partial charge < -0.3 is 0 Å². The average Bonchev–Trinajstić information content (AvgIpc) is 3.12. The first-order valence-electron chi connectivity index (χ1n) is 6.03. The topological polar surface area (TPSA) is 64.0 Å². The van der Waals surface area contributed by atoms with Crippen molar-refractivity contribution in [3.05, 3.63) is 58.8 Å². The van der Waals surface area contributed by atoms with Crippen LogP contribution in [0.25, 0.3) is 5.00 Å². The Balaban J connectivity index is 1.97. The molecule has 114 valence electrons. The summed E-state index contributed by atoms with van der Waals surface area (Å²) in [5.41, 5.74) is 0.172. The number of aromatic nitrogens is 2. The molecule has 9 heteroatoms. The van der Waals surface area contributed by atoms with Crippen molar-refractivity contribution in [1.29, 1.82) is 0 Å². The van der Waals surface area contributed by atoms with Gasteiger partial charge in [-0.25, -0.2) is 9.07 Å². The molecule has 0 spiro atoms. The second-order valence-corrected chi connectivity index (χ2v) is 7.23. The first kappa shape index (κ1) is 15.0. The third kappa shape index (κ3) is 2.85. The molecular formula is C13H9ClFN3O2S2. The molecule has 22 heavy (non-hydrogen) atoms. The number of nitrogens with zero attached hydrogens (tertiary/aromatic N) is 2. The van der Waals surface area contributed by atoms with Crippen molar-refractivity contribution in [3.8, 4) is 5.00 Å². The van der Waals surface area contributed by atoms with E-state index in [2.05, 4.69) is 9.82 Å². The van der Waals surface area contributed by atoms with Crippen LogP contribution in [-0.4, -0.2) is 18.2 Å². The average molecular weight is 358 g/mol. The Kier molecular flexibility index (Phi) is 3.90. The zero-order chi connectivity index (χ0) is 15.7. The van der Waals surface area contributed by atoms with E-state index in [-0.39, 0.29) is 15.7 Å². The minimum Gasteiger partial charge on any atom is -0.278 e. The number of halogens is 2. The molecule has 5 nitrogen and oxygen atoms in total. The summed E-state index contributed by atoms with van der Waals surface area (Å²) in [6, 6.07) is 8.53. The SMILES string of the molecule is O=S(=O)(Nc1ccc(F)c(Cl)c1)c1ccnn1-c1cccs1. The van der Waals surface area contributed by atoms with Gasteiger partial charge in [-0.1, -0.05) is 11.6 Å². The Morgan fingerprint density at radius 1 is 1.27 bits per heavy atom. The molecule has 3 rings (SSSR count). The molecule has 0 bridgehead atoms. The molecule has 3 aromatic rings. The van der Waals surface area contributed by atoms with Crippen LogP contribution in [0.5, 0.6) is 0 Å². The molecule has 0 atom stereocenters. The fourth-order valence-electron chi connectivity index (χ4n) is 1.82. The number of hydrogen-bond donors (Lipinski definition) is 1. The second kappa shape index (κ2) is 5.71. The molecule has 0 aliphatic carbocycles. The van der Waals surface area contributed by atoms with Crippen LogP contribution in [0.3, 0.4) is 0 Å². The van der Waals surface area contributed by atoms with Gasteiger partial charge in [0.1, 0.15) is 10.8 Å². The molecule has 0 amide bonds. The largest absolute Gasteiger partial charge is 0.279 e. The van der Waals surface area contributed by atoms with Crippen molar-refractivity contribution >= 4 is 38.6 Å². The number of hydrogen-bond acceptors (Lipinski definition) is 4. The summed E-state index contributed by atoms with van der Waals surface area (Å²) in [4.78, 5) is 0. The van der Waals surface area contributed by atoms with Crippen LogP contribution in [-0.2, 0) is 10.0 Å². The van der Waals surface area contributed by atoms with Gasteiger partial charge >= 0.3 is 0 Å². The van der Waals surface area contributed by atoms with E-state index >= 15 is 0 Å². The zero-order valence-corrected chi connectivity index (χ0v) is 13.3. The number of benzene rings is 1. The third-order valence-corrected chi connectivity index (χ3v) is 5.27. The molecule has 0 fully saturated rings. The van der Waals surface area contributed by atoms with E-state index in [1.165, 1.54) is 40.4 Å². The van der Waals surface area contributed by atoms with E-state index in [0.717, 1.165) is 6.07 Å². The molecule has 0 aliphatic heterocycles. The van der Waals surface area contributed by atoms with Gasteiger partial charge in [0.2, 0.25) is 0 Å². The highest BCUT2D eigenvalue weighted by Gasteiger charge is 2.21. The number of thiophene rings is 1. The van der Waals surface area contributed by atoms with Gasteiger partial charge in [0.05, 0.1) is 16.9 Å². The Morgan fingerprint density at radius 2 is 2.09 bits per heavy atom. The lowest BCUT2D eigenvalue weighted by atomic mass is 10.3. The maximum absolute atomic E-state index is 13.1. The lowest BCUT2D eigenvalue weighted by Gasteiger charge is -2.09. The highest BCUT2D eigenvalue weighted by atomic mass is 35.5. The fourth-order valence-corrected chi connectivity index (χ4v) is 3.91. The van der Waals surface area contributed by atoms with E-state index in [4.69, 9.17) is 11.6 Å². The Hall–Kier alpha value is -1.90. The standard InChI is InChI=1S/C13H9ClFN3O2S2/c14-10-8-9(3-4-11(10)15)17-22(19,20)13-5-6-16-18(13)12-2-1-7-21-12/h1-8,17H. The van der Waals surface area contributed by atoms with Crippen molar-refractivity contribution in [3.63, 3.8) is 0 Å². The first-order chi connectivity index (χ1) is 10.5. The van der Waals surface area contributed by atoms with Gasteiger partial charge in [-0.3, -0.25) is 4.72 Å². The number of rotatable bonds is 4. The molecule has 0 saturated heterocycles. The highest BCUT2D eigenvalue weighted by Crippen LogP contribution is 2.24. The molecule has 0 radical (unpaired) electrons. The van der Waals surface area contributed by atoms with Crippen LogP contribution in [0.2, 0.25) is 5.02 Å². The monoisotopic (exact) mass is 357 g/mol. The molecule has 2 heterocycles. The maximum atomic E-state index is 13.1. The van der Waals surface area contributed by atoms with E-state index in [1.54, 1.807) is 12.1 Å². The molecule has 2 aromatic heterocycles. The number of anilines is 1. The number of sulfonamides is 1. The summed E-state index contributed by atoms with van der Waals surface area (Å²) in [6.45, 7) is 0. The lowest BCUT2D eigenvalue weighted by Crippen LogP contribution is -2.17. The van der Waals surface area contributed by atoms with Crippen LogP contribution in [0.4, 0.5) is 10.1 Å². The second-order valence-electron chi connectivity index (χ2n) is 4.27. The molecule has 0 aliphatic rings. The van der Waals surface area contributed by atoms with Gasteiger partial charge in [-0.05, 0) is 41.8 Å². The summed E-state index contributed by atoms with van der Waals surface area (Å²) in [7, 11) is -3.88. The Bertz CT molecular complexity index is 907. The predicted octanol–water partition coefficient (Wildman–Crippen LogP) is 3.53. The predicted molar refractivity (Wildman–Crippen MR) is 83.7 cm³/mol. The van der Waals surface area contributed by atoms with Gasteiger partial charge in [0, 0.05) is 0 Å².